The Kier molecular flexibility index (Phi) is 8.03. The van der Waals surface area contributed by atoms with Gasteiger partial charge in [-0.15, -0.1) is 11.3 Å². The first kappa shape index (κ1) is 22.5. The van der Waals surface area contributed by atoms with Crippen molar-refractivity contribution >= 4 is 17.3 Å². The maximum Gasteiger partial charge on any atom is 0.345 e. The fourth-order valence-corrected chi connectivity index (χ4v) is 4.31. The van der Waals surface area contributed by atoms with E-state index in [9.17, 15) is 4.79 Å². The van der Waals surface area contributed by atoms with Crippen molar-refractivity contribution in [1.82, 2.24) is 29.5 Å². The van der Waals surface area contributed by atoms with Gasteiger partial charge in [-0.3, -0.25) is 9.56 Å². The van der Waals surface area contributed by atoms with Gasteiger partial charge in [-0.2, -0.15) is 5.10 Å². The number of aromatic nitrogens is 4. The summed E-state index contributed by atoms with van der Waals surface area (Å²) in [6, 6.07) is 0. The van der Waals surface area contributed by atoms with Crippen molar-refractivity contribution in [2.75, 3.05) is 27.2 Å². The molecule has 1 atom stereocenters. The lowest BCUT2D eigenvalue weighted by molar-refractivity contribution is 0.119. The molecule has 10 heteroatoms. The van der Waals surface area contributed by atoms with E-state index in [2.05, 4.69) is 32.6 Å². The predicted molar refractivity (Wildman–Crippen MR) is 119 cm³/mol. The minimum absolute atomic E-state index is 0.00740. The van der Waals surface area contributed by atoms with Gasteiger partial charge in [-0.1, -0.05) is 0 Å². The van der Waals surface area contributed by atoms with E-state index in [4.69, 9.17) is 9.73 Å². The highest BCUT2D eigenvalue weighted by atomic mass is 32.1. The SMILES string of the molecule is CCNC(=NCCCn1nc2n(c1=O)CCCC2)N(C)Cc1csc(C(C)OC)n1. The second kappa shape index (κ2) is 10.7. The van der Waals surface area contributed by atoms with Crippen molar-refractivity contribution in [2.45, 2.75) is 65.3 Å². The molecule has 0 amide bonds. The zero-order chi connectivity index (χ0) is 21.5. The van der Waals surface area contributed by atoms with Crippen molar-refractivity contribution in [3.8, 4) is 0 Å². The molecule has 9 nitrogen and oxygen atoms in total. The molecule has 1 unspecified atom stereocenters. The van der Waals surface area contributed by atoms with E-state index < -0.39 is 0 Å². The fraction of sp³-hybridized carbons (Fsp3) is 0.700. The van der Waals surface area contributed by atoms with Crippen LogP contribution < -0.4 is 11.0 Å². The molecular weight excluding hydrogens is 402 g/mol. The van der Waals surface area contributed by atoms with Crippen molar-refractivity contribution in [3.63, 3.8) is 0 Å². The van der Waals surface area contributed by atoms with E-state index in [1.807, 2.05) is 18.5 Å². The lowest BCUT2D eigenvalue weighted by atomic mass is 10.2. The van der Waals surface area contributed by atoms with E-state index in [0.717, 1.165) is 61.3 Å². The number of nitrogens with zero attached hydrogens (tertiary/aromatic N) is 6. The summed E-state index contributed by atoms with van der Waals surface area (Å²) in [7, 11) is 3.70. The van der Waals surface area contributed by atoms with Gasteiger partial charge in [0.2, 0.25) is 0 Å². The summed E-state index contributed by atoms with van der Waals surface area (Å²) >= 11 is 1.62. The Balaban J connectivity index is 1.55. The van der Waals surface area contributed by atoms with Crippen LogP contribution >= 0.6 is 11.3 Å². The number of ether oxygens (including phenoxy) is 1. The zero-order valence-electron chi connectivity index (χ0n) is 18.4. The molecule has 0 radical (unpaired) electrons. The van der Waals surface area contributed by atoms with Gasteiger partial charge in [0.05, 0.1) is 12.2 Å². The second-order valence-corrected chi connectivity index (χ2v) is 8.42. The van der Waals surface area contributed by atoms with Crippen LogP contribution in [0.15, 0.2) is 15.2 Å². The van der Waals surface area contributed by atoms with Gasteiger partial charge in [0.1, 0.15) is 16.9 Å². The first-order chi connectivity index (χ1) is 14.5. The standard InChI is InChI=1S/C20H33N7O2S/c1-5-21-19(25(3)13-16-14-30-18(23-16)15(2)29-4)22-10-8-12-27-20(28)26-11-7-6-9-17(26)24-27/h14-15H,5-13H2,1-4H3,(H,21,22). The normalized spacial score (nSPS) is 15.1. The Labute approximate surface area is 181 Å². The monoisotopic (exact) mass is 435 g/mol. The summed E-state index contributed by atoms with van der Waals surface area (Å²) in [6.07, 6.45) is 3.85. The first-order valence-electron chi connectivity index (χ1n) is 10.7. The largest absolute Gasteiger partial charge is 0.375 e. The summed E-state index contributed by atoms with van der Waals surface area (Å²) in [5.74, 6) is 1.76. The smallest absolute Gasteiger partial charge is 0.345 e. The Morgan fingerprint density at radius 3 is 3.03 bits per heavy atom. The average molecular weight is 436 g/mol. The third-order valence-corrected chi connectivity index (χ3v) is 6.24. The lowest BCUT2D eigenvalue weighted by Gasteiger charge is -2.21. The molecule has 2 aromatic heterocycles. The van der Waals surface area contributed by atoms with Gasteiger partial charge in [0.15, 0.2) is 5.96 Å². The molecule has 0 spiro atoms. The van der Waals surface area contributed by atoms with Gasteiger partial charge >= 0.3 is 5.69 Å². The number of aryl methyl sites for hydroxylation is 2. The quantitative estimate of drug-likeness (QED) is 0.368. The Morgan fingerprint density at radius 2 is 2.30 bits per heavy atom. The molecule has 3 heterocycles. The second-order valence-electron chi connectivity index (χ2n) is 7.53. The Hall–Kier alpha value is -2.20. The van der Waals surface area contributed by atoms with Crippen LogP contribution in [0.1, 0.15) is 55.7 Å². The van der Waals surface area contributed by atoms with Gasteiger partial charge in [-0.05, 0) is 33.1 Å². The molecule has 0 fully saturated rings. The number of thiazole rings is 1. The van der Waals surface area contributed by atoms with Crippen LogP contribution in [0.25, 0.3) is 0 Å². The van der Waals surface area contributed by atoms with Crippen LogP contribution in [0, 0.1) is 0 Å². The van der Waals surface area contributed by atoms with Gasteiger partial charge in [0.25, 0.3) is 0 Å². The third-order valence-electron chi connectivity index (χ3n) is 5.19. The third kappa shape index (κ3) is 5.48. The maximum atomic E-state index is 12.4. The van der Waals surface area contributed by atoms with Crippen LogP contribution in [0.3, 0.4) is 0 Å². The molecule has 1 aliphatic rings. The highest BCUT2D eigenvalue weighted by molar-refractivity contribution is 7.09. The van der Waals surface area contributed by atoms with Crippen molar-refractivity contribution in [2.24, 2.45) is 4.99 Å². The number of hydrogen-bond acceptors (Lipinski definition) is 6. The lowest BCUT2D eigenvalue weighted by Crippen LogP contribution is -2.38. The molecular formula is C20H33N7O2S. The Bertz CT molecular complexity index is 901. The summed E-state index contributed by atoms with van der Waals surface area (Å²) in [4.78, 5) is 23.9. The van der Waals surface area contributed by atoms with Gasteiger partial charge in [-0.25, -0.2) is 14.5 Å². The number of guanidine groups is 1. The highest BCUT2D eigenvalue weighted by Crippen LogP contribution is 2.20. The van der Waals surface area contributed by atoms with Crippen LogP contribution in [0.5, 0.6) is 0 Å². The molecule has 1 N–H and O–H groups in total. The molecule has 0 saturated heterocycles. The minimum atomic E-state index is 0.00740. The number of aliphatic imine (C=N–C) groups is 1. The number of hydrogen-bond donors (Lipinski definition) is 1. The van der Waals surface area contributed by atoms with Crippen LogP contribution in [-0.2, 0) is 30.8 Å². The molecule has 0 saturated carbocycles. The van der Waals surface area contributed by atoms with Crippen LogP contribution in [-0.4, -0.2) is 57.4 Å². The Morgan fingerprint density at radius 1 is 1.47 bits per heavy atom. The maximum absolute atomic E-state index is 12.4. The average Bonchev–Trinajstić information content (AvgIpc) is 3.34. The van der Waals surface area contributed by atoms with E-state index in [-0.39, 0.29) is 11.8 Å². The van der Waals surface area contributed by atoms with Crippen molar-refractivity contribution < 1.29 is 4.74 Å². The summed E-state index contributed by atoms with van der Waals surface area (Å²) < 4.78 is 8.76. The predicted octanol–water partition coefficient (Wildman–Crippen LogP) is 2.03. The highest BCUT2D eigenvalue weighted by Gasteiger charge is 2.16. The molecule has 0 bridgehead atoms. The summed E-state index contributed by atoms with van der Waals surface area (Å²) in [5.41, 5.74) is 1.02. The van der Waals surface area contributed by atoms with E-state index in [1.54, 1.807) is 23.1 Å². The fourth-order valence-electron chi connectivity index (χ4n) is 3.47. The zero-order valence-corrected chi connectivity index (χ0v) is 19.2. The van der Waals surface area contributed by atoms with Gasteiger partial charge < -0.3 is 15.0 Å². The molecule has 2 aromatic rings. The van der Waals surface area contributed by atoms with E-state index in [0.29, 0.717) is 19.6 Å². The number of nitrogens with one attached hydrogen (secondary N) is 1. The van der Waals surface area contributed by atoms with Crippen LogP contribution in [0.2, 0.25) is 0 Å². The molecule has 166 valence electrons. The van der Waals surface area contributed by atoms with Crippen molar-refractivity contribution in [1.29, 1.82) is 0 Å². The van der Waals surface area contributed by atoms with E-state index in [1.165, 1.54) is 0 Å². The molecule has 3 rings (SSSR count). The molecule has 0 aliphatic carbocycles. The molecule has 30 heavy (non-hydrogen) atoms. The topological polar surface area (TPSA) is 89.6 Å². The first-order valence-corrected chi connectivity index (χ1v) is 11.5. The number of rotatable bonds is 9. The number of fused-ring (bicyclic) bond motifs is 1. The van der Waals surface area contributed by atoms with Crippen LogP contribution in [0.4, 0.5) is 0 Å². The number of methoxy groups -OCH3 is 1. The molecule has 0 aromatic carbocycles. The summed E-state index contributed by atoms with van der Waals surface area (Å²) in [6.45, 7) is 7.54. The van der Waals surface area contributed by atoms with Crippen molar-refractivity contribution in [3.05, 3.63) is 32.4 Å². The minimum Gasteiger partial charge on any atom is -0.375 e. The van der Waals surface area contributed by atoms with Gasteiger partial charge in [0, 0.05) is 52.1 Å². The van der Waals surface area contributed by atoms with E-state index >= 15 is 0 Å². The molecule has 1 aliphatic heterocycles. The summed E-state index contributed by atoms with van der Waals surface area (Å²) in [5, 5.41) is 10.9.